The van der Waals surface area contributed by atoms with Crippen LogP contribution in [0.5, 0.6) is 0 Å². The summed E-state index contributed by atoms with van der Waals surface area (Å²) in [5, 5.41) is 8.36. The fourth-order valence-electron chi connectivity index (χ4n) is 7.43. The third kappa shape index (κ3) is 7.53. The number of nitrogens with zero attached hydrogens (tertiary/aromatic N) is 1. The Morgan fingerprint density at radius 3 is 1.66 bits per heavy atom. The van der Waals surface area contributed by atoms with Gasteiger partial charge in [0.05, 0.1) is 5.76 Å². The molecule has 0 saturated carbocycles. The van der Waals surface area contributed by atoms with Crippen LogP contribution in [0.25, 0.3) is 22.4 Å². The third-order valence-corrected chi connectivity index (χ3v) is 9.48. The summed E-state index contributed by atoms with van der Waals surface area (Å²) in [6.07, 6.45) is 3.09. The molecule has 50 heavy (non-hydrogen) atoms. The summed E-state index contributed by atoms with van der Waals surface area (Å²) in [6, 6.07) is 45.4. The molecule has 0 unspecified atom stereocenters. The fourth-order valence-corrected chi connectivity index (χ4v) is 7.43. The molecular formula is C44H40B2IrNO2-. The fraction of sp³-hybridized carbons (Fsp3) is 0.136. The van der Waals surface area contributed by atoms with Crippen molar-refractivity contribution in [3.63, 3.8) is 0 Å². The molecule has 6 heteroatoms. The molecule has 0 amide bonds. The summed E-state index contributed by atoms with van der Waals surface area (Å²) in [5.41, 5.74) is 18.1. The van der Waals surface area contributed by atoms with Crippen LogP contribution in [0.2, 0.25) is 0 Å². The van der Waals surface area contributed by atoms with Crippen LogP contribution in [-0.2, 0) is 24.9 Å². The Hall–Kier alpha value is -4.76. The summed E-state index contributed by atoms with van der Waals surface area (Å²) >= 11 is 0. The summed E-state index contributed by atoms with van der Waals surface area (Å²) in [6.45, 7) is 12.2. The van der Waals surface area contributed by atoms with Gasteiger partial charge in [0.1, 0.15) is 0 Å². The van der Waals surface area contributed by atoms with Gasteiger partial charge in [-0.3, -0.25) is 4.79 Å². The molecule has 5 aromatic carbocycles. The van der Waals surface area contributed by atoms with Crippen molar-refractivity contribution in [3.05, 3.63) is 162 Å². The molecule has 0 fully saturated rings. The minimum Gasteiger partial charge on any atom is -0.512 e. The maximum absolute atomic E-state index is 10.0. The first-order valence-electron chi connectivity index (χ1n) is 16.8. The summed E-state index contributed by atoms with van der Waals surface area (Å²) in [4.78, 5) is 14.7. The van der Waals surface area contributed by atoms with Crippen LogP contribution in [0.1, 0.15) is 36.1 Å². The van der Waals surface area contributed by atoms with E-state index < -0.39 is 0 Å². The Morgan fingerprint density at radius 2 is 1.16 bits per heavy atom. The Balaban J connectivity index is 0.000000553. The van der Waals surface area contributed by atoms with Gasteiger partial charge in [-0.25, -0.2) is 0 Å². The quantitative estimate of drug-likeness (QED) is 0.103. The van der Waals surface area contributed by atoms with E-state index in [0.717, 1.165) is 11.3 Å². The predicted octanol–water partition coefficient (Wildman–Crippen LogP) is 5.83. The largest absolute Gasteiger partial charge is 0.512 e. The zero-order valence-corrected chi connectivity index (χ0v) is 31.8. The van der Waals surface area contributed by atoms with Crippen LogP contribution < -0.4 is 32.8 Å². The maximum atomic E-state index is 10.0. The Kier molecular flexibility index (Phi) is 11.6. The Labute approximate surface area is 311 Å². The average Bonchev–Trinajstić information content (AvgIpc) is 3.08. The molecule has 1 aromatic heterocycles. The van der Waals surface area contributed by atoms with Gasteiger partial charge in [-0.05, 0) is 64.4 Å². The van der Waals surface area contributed by atoms with Crippen LogP contribution in [0.4, 0.5) is 0 Å². The van der Waals surface area contributed by atoms with E-state index in [2.05, 4.69) is 136 Å². The van der Waals surface area contributed by atoms with Crippen molar-refractivity contribution in [1.29, 1.82) is 0 Å². The van der Waals surface area contributed by atoms with Crippen LogP contribution in [-0.4, -0.2) is 29.3 Å². The SMILES string of the molecule is CC(=O)/C=C(/C)O.Cc1cccc(C)c1B1c2ccccc2B(c2c(C)cccc2C)c2cc(-c3ccnc(-c4[c-]cccc4)c3)ccc21.[Ir]. The molecule has 1 aliphatic heterocycles. The van der Waals surface area contributed by atoms with Gasteiger partial charge in [-0.1, -0.05) is 140 Å². The van der Waals surface area contributed by atoms with E-state index in [-0.39, 0.29) is 45.1 Å². The number of benzene rings is 5. The number of aliphatic hydroxyl groups is 1. The number of aliphatic hydroxyl groups excluding tert-OH is 1. The van der Waals surface area contributed by atoms with E-state index in [1.54, 1.807) is 0 Å². The number of fused-ring (bicyclic) bond motifs is 2. The van der Waals surface area contributed by atoms with Crippen molar-refractivity contribution >= 4 is 52.0 Å². The van der Waals surface area contributed by atoms with Crippen molar-refractivity contribution in [3.8, 4) is 22.4 Å². The maximum Gasteiger partial charge on any atom is 0.240 e. The zero-order chi connectivity index (χ0) is 34.7. The van der Waals surface area contributed by atoms with Gasteiger partial charge < -0.3 is 10.1 Å². The average molecular weight is 829 g/mol. The molecule has 2 heterocycles. The van der Waals surface area contributed by atoms with Crippen molar-refractivity contribution in [1.82, 2.24) is 4.98 Å². The normalized spacial score (nSPS) is 11.8. The molecule has 0 saturated heterocycles. The molecule has 0 aliphatic carbocycles. The number of hydrogen-bond donors (Lipinski definition) is 1. The van der Waals surface area contributed by atoms with Crippen LogP contribution >= 0.6 is 0 Å². The number of aromatic nitrogens is 1. The first kappa shape index (κ1) is 36.5. The second-order valence-corrected chi connectivity index (χ2v) is 13.1. The Morgan fingerprint density at radius 1 is 0.640 bits per heavy atom. The monoisotopic (exact) mass is 829 g/mol. The number of allylic oxidation sites excluding steroid dienone is 2. The van der Waals surface area contributed by atoms with Crippen LogP contribution in [0.3, 0.4) is 0 Å². The van der Waals surface area contributed by atoms with E-state index in [1.165, 1.54) is 86.1 Å². The van der Waals surface area contributed by atoms with Crippen LogP contribution in [0.15, 0.2) is 133 Å². The van der Waals surface area contributed by atoms with Crippen molar-refractivity contribution in [2.24, 2.45) is 0 Å². The van der Waals surface area contributed by atoms with E-state index in [1.807, 2.05) is 24.4 Å². The molecule has 0 atom stereocenters. The predicted molar refractivity (Wildman–Crippen MR) is 209 cm³/mol. The van der Waals surface area contributed by atoms with Gasteiger partial charge in [0.25, 0.3) is 0 Å². The summed E-state index contributed by atoms with van der Waals surface area (Å²) < 4.78 is 0. The number of carbonyl (C=O) groups is 1. The number of ketones is 1. The van der Waals surface area contributed by atoms with E-state index in [9.17, 15) is 4.79 Å². The second kappa shape index (κ2) is 15.8. The van der Waals surface area contributed by atoms with Gasteiger partial charge in [0.2, 0.25) is 13.4 Å². The van der Waals surface area contributed by atoms with Gasteiger partial charge in [0, 0.05) is 32.4 Å². The topological polar surface area (TPSA) is 50.2 Å². The van der Waals surface area contributed by atoms with Crippen molar-refractivity contribution in [2.45, 2.75) is 41.5 Å². The van der Waals surface area contributed by atoms with Gasteiger partial charge in [0.15, 0.2) is 5.78 Å². The van der Waals surface area contributed by atoms with E-state index >= 15 is 0 Å². The molecule has 1 radical (unpaired) electrons. The minimum absolute atomic E-state index is 0. The number of hydrogen-bond acceptors (Lipinski definition) is 3. The number of aryl methyl sites for hydroxylation is 4. The molecule has 1 aliphatic rings. The standard InChI is InChI=1S/C39H32B2N.C5H8O2.Ir/c1-26-12-10-13-27(2)38(26)40-33-18-8-9-19-34(33)41(39-28(3)14-11-15-29(39)4)36-24-31(20-21-35(36)40)32-22-23-42-37(25-32)30-16-6-5-7-17-30;1-4(6)3-5(2)7;/h5-16,18-25H,1-4H3;3,6H,1-2H3;/q-1;;/b;4-3-;. The first-order valence-corrected chi connectivity index (χ1v) is 16.8. The third-order valence-electron chi connectivity index (χ3n) is 9.48. The summed E-state index contributed by atoms with van der Waals surface area (Å²) in [7, 11) is 0. The number of carbonyl (C=O) groups excluding carboxylic acids is 1. The van der Waals surface area contributed by atoms with Gasteiger partial charge in [-0.2, -0.15) is 0 Å². The molecule has 6 aromatic rings. The molecule has 0 bridgehead atoms. The van der Waals surface area contributed by atoms with Crippen LogP contribution in [0, 0.1) is 33.8 Å². The van der Waals surface area contributed by atoms with Crippen molar-refractivity contribution < 1.29 is 30.0 Å². The zero-order valence-electron chi connectivity index (χ0n) is 29.4. The molecule has 1 N–H and O–H groups in total. The molecule has 249 valence electrons. The number of rotatable bonds is 5. The molecule has 0 spiro atoms. The summed E-state index contributed by atoms with van der Waals surface area (Å²) in [5.74, 6) is -0.0625. The molecule has 7 rings (SSSR count). The van der Waals surface area contributed by atoms with E-state index in [4.69, 9.17) is 5.11 Å². The van der Waals surface area contributed by atoms with Crippen molar-refractivity contribution in [2.75, 3.05) is 0 Å². The van der Waals surface area contributed by atoms with Gasteiger partial charge in [-0.15, -0.1) is 35.9 Å². The molecular weight excluding hydrogens is 788 g/mol. The van der Waals surface area contributed by atoms with Gasteiger partial charge >= 0.3 is 0 Å². The molecule has 3 nitrogen and oxygen atoms in total. The number of pyridine rings is 1. The minimum atomic E-state index is -0.125. The first-order chi connectivity index (χ1) is 23.6. The second-order valence-electron chi connectivity index (χ2n) is 13.1. The Bertz CT molecular complexity index is 2150. The smallest absolute Gasteiger partial charge is 0.240 e. The van der Waals surface area contributed by atoms with E-state index in [0.29, 0.717) is 0 Å².